The molecule has 0 saturated carbocycles. The maximum absolute atomic E-state index is 6.13. The average molecular weight is 289 g/mol. The van der Waals surface area contributed by atoms with E-state index >= 15 is 0 Å². The van der Waals surface area contributed by atoms with Gasteiger partial charge >= 0.3 is 0 Å². The second-order valence-electron chi connectivity index (χ2n) is 6.71. The Morgan fingerprint density at radius 2 is 1.86 bits per heavy atom. The molecular formula is C18H31N3. The van der Waals surface area contributed by atoms with Crippen LogP contribution >= 0.6 is 0 Å². The van der Waals surface area contributed by atoms with E-state index in [1.807, 2.05) is 0 Å². The quantitative estimate of drug-likeness (QED) is 0.872. The Kier molecular flexibility index (Phi) is 5.80. The van der Waals surface area contributed by atoms with Crippen molar-refractivity contribution in [3.05, 3.63) is 35.9 Å². The first-order valence-corrected chi connectivity index (χ1v) is 8.27. The first kappa shape index (κ1) is 16.5. The summed E-state index contributed by atoms with van der Waals surface area (Å²) < 4.78 is 0. The summed E-state index contributed by atoms with van der Waals surface area (Å²) in [5.74, 6) is 0. The Balaban J connectivity index is 1.98. The van der Waals surface area contributed by atoms with E-state index in [1.54, 1.807) is 0 Å². The van der Waals surface area contributed by atoms with E-state index in [0.717, 1.165) is 6.54 Å². The minimum Gasteiger partial charge on any atom is -0.330 e. The Bertz CT molecular complexity index is 412. The molecule has 0 bridgehead atoms. The molecule has 1 heterocycles. The van der Waals surface area contributed by atoms with Crippen LogP contribution in [0.15, 0.2) is 30.3 Å². The molecule has 118 valence electrons. The highest BCUT2D eigenvalue weighted by molar-refractivity contribution is 5.25. The van der Waals surface area contributed by atoms with E-state index < -0.39 is 0 Å². The van der Waals surface area contributed by atoms with Crippen LogP contribution in [0.1, 0.15) is 32.3 Å². The molecule has 1 aliphatic heterocycles. The minimum absolute atomic E-state index is 0.0396. The van der Waals surface area contributed by atoms with Crippen LogP contribution in [0.5, 0.6) is 0 Å². The van der Waals surface area contributed by atoms with Crippen LogP contribution in [0.4, 0.5) is 0 Å². The predicted molar refractivity (Wildman–Crippen MR) is 90.6 cm³/mol. The lowest BCUT2D eigenvalue weighted by molar-refractivity contribution is 0.114. The summed E-state index contributed by atoms with van der Waals surface area (Å²) in [6.07, 6.45) is 2.56. The van der Waals surface area contributed by atoms with Crippen LogP contribution < -0.4 is 5.73 Å². The molecule has 1 unspecified atom stereocenters. The SMILES string of the molecule is CCN1CCC(N(C)CC(C)(CN)c2ccccc2)CC1. The molecule has 0 amide bonds. The molecule has 1 aliphatic rings. The molecule has 1 aromatic carbocycles. The number of rotatable bonds is 6. The summed E-state index contributed by atoms with van der Waals surface area (Å²) >= 11 is 0. The third-order valence-corrected chi connectivity index (χ3v) is 5.15. The first-order valence-electron chi connectivity index (χ1n) is 8.27. The van der Waals surface area contributed by atoms with Gasteiger partial charge in [0.15, 0.2) is 0 Å². The van der Waals surface area contributed by atoms with Crippen molar-refractivity contribution >= 4 is 0 Å². The lowest BCUT2D eigenvalue weighted by Gasteiger charge is -2.40. The van der Waals surface area contributed by atoms with E-state index in [2.05, 4.69) is 61.0 Å². The average Bonchev–Trinajstić information content (AvgIpc) is 2.55. The van der Waals surface area contributed by atoms with Gasteiger partial charge in [-0.05, 0) is 45.1 Å². The van der Waals surface area contributed by atoms with Gasteiger partial charge in [0.05, 0.1) is 0 Å². The Morgan fingerprint density at radius 3 is 2.38 bits per heavy atom. The van der Waals surface area contributed by atoms with Gasteiger partial charge in [-0.3, -0.25) is 0 Å². The summed E-state index contributed by atoms with van der Waals surface area (Å²) in [6.45, 7) is 9.91. The highest BCUT2D eigenvalue weighted by atomic mass is 15.2. The van der Waals surface area contributed by atoms with Crippen molar-refractivity contribution in [3.63, 3.8) is 0 Å². The molecule has 1 saturated heterocycles. The van der Waals surface area contributed by atoms with Crippen molar-refractivity contribution in [1.29, 1.82) is 0 Å². The Hall–Kier alpha value is -0.900. The lowest BCUT2D eigenvalue weighted by atomic mass is 9.81. The van der Waals surface area contributed by atoms with Crippen LogP contribution in [0.25, 0.3) is 0 Å². The maximum Gasteiger partial charge on any atom is 0.0174 e. The second kappa shape index (κ2) is 7.39. The first-order chi connectivity index (χ1) is 10.1. The molecule has 2 rings (SSSR count). The fraction of sp³-hybridized carbons (Fsp3) is 0.667. The minimum atomic E-state index is 0.0396. The van der Waals surface area contributed by atoms with Gasteiger partial charge in [0.1, 0.15) is 0 Å². The van der Waals surface area contributed by atoms with E-state index in [4.69, 9.17) is 5.73 Å². The van der Waals surface area contributed by atoms with Gasteiger partial charge in [0.25, 0.3) is 0 Å². The molecule has 1 aromatic rings. The summed E-state index contributed by atoms with van der Waals surface area (Å²) in [5, 5.41) is 0. The summed E-state index contributed by atoms with van der Waals surface area (Å²) in [5.41, 5.74) is 7.52. The zero-order chi connectivity index (χ0) is 15.3. The van der Waals surface area contributed by atoms with Crippen LogP contribution in [0.2, 0.25) is 0 Å². The lowest BCUT2D eigenvalue weighted by Crippen LogP contribution is -2.49. The number of hydrogen-bond donors (Lipinski definition) is 1. The van der Waals surface area contributed by atoms with E-state index in [0.29, 0.717) is 12.6 Å². The summed E-state index contributed by atoms with van der Waals surface area (Å²) in [7, 11) is 2.27. The normalized spacial score (nSPS) is 20.6. The van der Waals surface area contributed by atoms with Crippen LogP contribution in [0.3, 0.4) is 0 Å². The third-order valence-electron chi connectivity index (χ3n) is 5.15. The fourth-order valence-electron chi connectivity index (χ4n) is 3.47. The van der Waals surface area contributed by atoms with Crippen molar-refractivity contribution in [2.75, 3.05) is 39.8 Å². The van der Waals surface area contributed by atoms with Crippen molar-refractivity contribution in [2.45, 2.75) is 38.1 Å². The number of likely N-dealkylation sites (N-methyl/N-ethyl adjacent to an activating group) is 1. The monoisotopic (exact) mass is 289 g/mol. The number of nitrogens with two attached hydrogens (primary N) is 1. The van der Waals surface area contributed by atoms with Gasteiger partial charge in [-0.1, -0.05) is 44.2 Å². The molecule has 0 spiro atoms. The van der Waals surface area contributed by atoms with Gasteiger partial charge < -0.3 is 15.5 Å². The van der Waals surface area contributed by atoms with E-state index in [-0.39, 0.29) is 5.41 Å². The Morgan fingerprint density at radius 1 is 1.24 bits per heavy atom. The van der Waals surface area contributed by atoms with Crippen molar-refractivity contribution in [3.8, 4) is 0 Å². The fourth-order valence-corrected chi connectivity index (χ4v) is 3.47. The predicted octanol–water partition coefficient (Wildman–Crippen LogP) is 2.32. The number of benzene rings is 1. The number of piperidine rings is 1. The highest BCUT2D eigenvalue weighted by Gasteiger charge is 2.30. The van der Waals surface area contributed by atoms with Crippen LogP contribution in [-0.2, 0) is 5.41 Å². The molecule has 0 aromatic heterocycles. The van der Waals surface area contributed by atoms with Gasteiger partial charge in [0, 0.05) is 24.5 Å². The third kappa shape index (κ3) is 4.06. The largest absolute Gasteiger partial charge is 0.330 e. The summed E-state index contributed by atoms with van der Waals surface area (Å²) in [4.78, 5) is 5.08. The van der Waals surface area contributed by atoms with Gasteiger partial charge in [-0.2, -0.15) is 0 Å². The van der Waals surface area contributed by atoms with Crippen LogP contribution in [0, 0.1) is 0 Å². The Labute approximate surface area is 130 Å². The molecule has 1 fully saturated rings. The zero-order valence-electron chi connectivity index (χ0n) is 13.9. The molecule has 3 nitrogen and oxygen atoms in total. The van der Waals surface area contributed by atoms with E-state index in [1.165, 1.54) is 38.0 Å². The second-order valence-corrected chi connectivity index (χ2v) is 6.71. The molecule has 0 radical (unpaired) electrons. The molecule has 1 atom stereocenters. The summed E-state index contributed by atoms with van der Waals surface area (Å²) in [6, 6.07) is 11.4. The molecule has 2 N–H and O–H groups in total. The van der Waals surface area contributed by atoms with E-state index in [9.17, 15) is 0 Å². The number of hydrogen-bond acceptors (Lipinski definition) is 3. The van der Waals surface area contributed by atoms with Crippen molar-refractivity contribution < 1.29 is 0 Å². The van der Waals surface area contributed by atoms with Gasteiger partial charge in [-0.25, -0.2) is 0 Å². The zero-order valence-corrected chi connectivity index (χ0v) is 13.9. The number of nitrogens with zero attached hydrogens (tertiary/aromatic N) is 2. The smallest absolute Gasteiger partial charge is 0.0174 e. The maximum atomic E-state index is 6.13. The van der Waals surface area contributed by atoms with Crippen molar-refractivity contribution in [1.82, 2.24) is 9.80 Å². The van der Waals surface area contributed by atoms with Crippen LogP contribution in [-0.4, -0.2) is 55.6 Å². The van der Waals surface area contributed by atoms with Gasteiger partial charge in [0.2, 0.25) is 0 Å². The highest BCUT2D eigenvalue weighted by Crippen LogP contribution is 2.26. The number of likely N-dealkylation sites (tertiary alicyclic amines) is 1. The van der Waals surface area contributed by atoms with Crippen molar-refractivity contribution in [2.24, 2.45) is 5.73 Å². The molecule has 21 heavy (non-hydrogen) atoms. The molecule has 3 heteroatoms. The van der Waals surface area contributed by atoms with Gasteiger partial charge in [-0.15, -0.1) is 0 Å². The molecular weight excluding hydrogens is 258 g/mol. The topological polar surface area (TPSA) is 32.5 Å². The standard InChI is InChI=1S/C18H31N3/c1-4-21-12-10-17(11-13-21)20(3)15-18(2,14-19)16-8-6-5-7-9-16/h5-9,17H,4,10-15,19H2,1-3H3. The molecule has 0 aliphatic carbocycles.